The second-order valence-corrected chi connectivity index (χ2v) is 4.87. The van der Waals surface area contributed by atoms with Gasteiger partial charge in [0.2, 0.25) is 0 Å². The van der Waals surface area contributed by atoms with Gasteiger partial charge in [-0.3, -0.25) is 9.97 Å². The molecule has 2 rings (SSSR count). The smallest absolute Gasteiger partial charge is 0.0754 e. The van der Waals surface area contributed by atoms with Crippen LogP contribution in [0, 0.1) is 0 Å². The molecule has 5 heteroatoms. The Balaban J connectivity index is 1.96. The summed E-state index contributed by atoms with van der Waals surface area (Å²) >= 11 is 0. The van der Waals surface area contributed by atoms with Crippen LogP contribution in [0.15, 0.2) is 18.6 Å². The molecule has 1 aromatic rings. The van der Waals surface area contributed by atoms with Gasteiger partial charge < -0.3 is 15.5 Å². The van der Waals surface area contributed by atoms with E-state index in [2.05, 4.69) is 33.9 Å². The first-order valence-electron chi connectivity index (χ1n) is 6.07. The van der Waals surface area contributed by atoms with E-state index in [1.807, 2.05) is 0 Å². The van der Waals surface area contributed by atoms with Crippen molar-refractivity contribution in [3.05, 3.63) is 24.3 Å². The van der Waals surface area contributed by atoms with Gasteiger partial charge in [-0.25, -0.2) is 0 Å². The summed E-state index contributed by atoms with van der Waals surface area (Å²) in [4.78, 5) is 13.1. The molecule has 2 atom stereocenters. The number of piperazine rings is 1. The van der Waals surface area contributed by atoms with Crippen LogP contribution in [0.3, 0.4) is 0 Å². The summed E-state index contributed by atoms with van der Waals surface area (Å²) in [5.41, 5.74) is 7.07. The third-order valence-corrected chi connectivity index (χ3v) is 3.47. The van der Waals surface area contributed by atoms with E-state index in [1.165, 1.54) is 0 Å². The van der Waals surface area contributed by atoms with Gasteiger partial charge >= 0.3 is 0 Å². The van der Waals surface area contributed by atoms with Crippen molar-refractivity contribution < 1.29 is 0 Å². The van der Waals surface area contributed by atoms with Gasteiger partial charge in [0, 0.05) is 44.3 Å². The van der Waals surface area contributed by atoms with Crippen LogP contribution in [0.25, 0.3) is 0 Å². The predicted molar refractivity (Wildman–Crippen MR) is 67.5 cm³/mol. The first-order chi connectivity index (χ1) is 8.16. The van der Waals surface area contributed by atoms with Crippen LogP contribution >= 0.6 is 0 Å². The minimum absolute atomic E-state index is 0.0253. The third kappa shape index (κ3) is 3.21. The average Bonchev–Trinajstić information content (AvgIpc) is 2.35. The molecule has 0 aromatic carbocycles. The van der Waals surface area contributed by atoms with E-state index >= 15 is 0 Å². The lowest BCUT2D eigenvalue weighted by Gasteiger charge is -2.38. The predicted octanol–water partition coefficient (Wildman–Crippen LogP) is 0.112. The van der Waals surface area contributed by atoms with Gasteiger partial charge in [0.15, 0.2) is 0 Å². The second kappa shape index (κ2) is 5.53. The van der Waals surface area contributed by atoms with Gasteiger partial charge in [-0.2, -0.15) is 0 Å². The molecule has 1 aliphatic heterocycles. The number of nitrogens with zero attached hydrogens (tertiary/aromatic N) is 4. The number of nitrogens with two attached hydrogens (primary N) is 1. The molecule has 0 radical (unpaired) electrons. The van der Waals surface area contributed by atoms with Gasteiger partial charge in [0.05, 0.1) is 11.7 Å². The Hall–Kier alpha value is -1.04. The largest absolute Gasteiger partial charge is 0.323 e. The highest BCUT2D eigenvalue weighted by Gasteiger charge is 2.24. The first-order valence-corrected chi connectivity index (χ1v) is 6.07. The Morgan fingerprint density at radius 1 is 1.41 bits per heavy atom. The van der Waals surface area contributed by atoms with Crippen LogP contribution < -0.4 is 5.73 Å². The molecule has 1 saturated heterocycles. The molecule has 1 aromatic heterocycles. The van der Waals surface area contributed by atoms with Gasteiger partial charge in [0.1, 0.15) is 0 Å². The lowest BCUT2D eigenvalue weighted by atomic mass is 10.0. The Morgan fingerprint density at radius 2 is 2.24 bits per heavy atom. The summed E-state index contributed by atoms with van der Waals surface area (Å²) in [6.07, 6.45) is 6.07. The normalized spacial score (nSPS) is 24.8. The van der Waals surface area contributed by atoms with Crippen LogP contribution in [-0.2, 0) is 0 Å². The summed E-state index contributed by atoms with van der Waals surface area (Å²) in [5.74, 6) is 0. The molecule has 2 unspecified atom stereocenters. The van der Waals surface area contributed by atoms with Crippen molar-refractivity contribution in [1.29, 1.82) is 0 Å². The van der Waals surface area contributed by atoms with E-state index in [-0.39, 0.29) is 6.04 Å². The fourth-order valence-electron chi connectivity index (χ4n) is 2.27. The van der Waals surface area contributed by atoms with Gasteiger partial charge in [-0.05, 0) is 20.5 Å². The highest BCUT2D eigenvalue weighted by molar-refractivity contribution is 5.02. The first kappa shape index (κ1) is 12.4. The zero-order chi connectivity index (χ0) is 12.3. The number of rotatable bonds is 3. The van der Waals surface area contributed by atoms with Crippen molar-refractivity contribution in [2.75, 3.05) is 33.7 Å². The van der Waals surface area contributed by atoms with Crippen molar-refractivity contribution in [3.63, 3.8) is 0 Å². The van der Waals surface area contributed by atoms with Crippen LogP contribution in [0.4, 0.5) is 0 Å². The van der Waals surface area contributed by atoms with E-state index in [0.29, 0.717) is 6.04 Å². The lowest BCUT2D eigenvalue weighted by Crippen LogP contribution is -2.50. The van der Waals surface area contributed by atoms with E-state index in [9.17, 15) is 0 Å². The molecule has 94 valence electrons. The van der Waals surface area contributed by atoms with E-state index in [4.69, 9.17) is 5.73 Å². The molecule has 0 amide bonds. The molecule has 2 heterocycles. The van der Waals surface area contributed by atoms with Crippen LogP contribution in [0.1, 0.15) is 18.2 Å². The average molecular weight is 235 g/mol. The minimum atomic E-state index is -0.0253. The molecule has 2 N–H and O–H groups in total. The zero-order valence-electron chi connectivity index (χ0n) is 10.6. The molecule has 17 heavy (non-hydrogen) atoms. The third-order valence-electron chi connectivity index (χ3n) is 3.47. The van der Waals surface area contributed by atoms with Crippen molar-refractivity contribution in [3.8, 4) is 0 Å². The fourth-order valence-corrected chi connectivity index (χ4v) is 2.27. The molecular weight excluding hydrogens is 214 g/mol. The maximum atomic E-state index is 6.19. The fraction of sp³-hybridized carbons (Fsp3) is 0.667. The van der Waals surface area contributed by atoms with Crippen molar-refractivity contribution in [2.45, 2.75) is 18.5 Å². The lowest BCUT2D eigenvalue weighted by molar-refractivity contribution is 0.104. The highest BCUT2D eigenvalue weighted by atomic mass is 15.3. The van der Waals surface area contributed by atoms with E-state index in [0.717, 1.165) is 31.7 Å². The molecule has 0 aliphatic carbocycles. The Morgan fingerprint density at radius 3 is 2.94 bits per heavy atom. The standard InChI is InChI=1S/C12H21N5/c1-16-5-6-17(2)10(9-16)7-11(13)12-8-14-3-4-15-12/h3-4,8,10-11H,5-7,9,13H2,1-2H3. The summed E-state index contributed by atoms with van der Waals surface area (Å²) in [5, 5.41) is 0. The summed E-state index contributed by atoms with van der Waals surface area (Å²) in [6, 6.07) is 0.480. The molecule has 5 nitrogen and oxygen atoms in total. The van der Waals surface area contributed by atoms with Gasteiger partial charge in [-0.15, -0.1) is 0 Å². The molecular formula is C12H21N5. The molecule has 0 bridgehead atoms. The van der Waals surface area contributed by atoms with Gasteiger partial charge in [0.25, 0.3) is 0 Å². The molecule has 1 aliphatic rings. The van der Waals surface area contributed by atoms with E-state index < -0.39 is 0 Å². The molecule has 0 spiro atoms. The number of hydrogen-bond donors (Lipinski definition) is 1. The topological polar surface area (TPSA) is 58.3 Å². The summed E-state index contributed by atoms with van der Waals surface area (Å²) < 4.78 is 0. The van der Waals surface area contributed by atoms with Gasteiger partial charge in [-0.1, -0.05) is 0 Å². The van der Waals surface area contributed by atoms with Crippen LogP contribution in [0.2, 0.25) is 0 Å². The number of hydrogen-bond acceptors (Lipinski definition) is 5. The number of aromatic nitrogens is 2. The Bertz CT molecular complexity index is 342. The maximum absolute atomic E-state index is 6.19. The van der Waals surface area contributed by atoms with Crippen LogP contribution in [-0.4, -0.2) is 59.5 Å². The maximum Gasteiger partial charge on any atom is 0.0754 e. The molecule has 1 fully saturated rings. The van der Waals surface area contributed by atoms with Crippen molar-refractivity contribution in [1.82, 2.24) is 19.8 Å². The highest BCUT2D eigenvalue weighted by Crippen LogP contribution is 2.18. The van der Waals surface area contributed by atoms with Crippen molar-refractivity contribution in [2.24, 2.45) is 5.73 Å². The minimum Gasteiger partial charge on any atom is -0.323 e. The van der Waals surface area contributed by atoms with Crippen LogP contribution in [0.5, 0.6) is 0 Å². The quantitative estimate of drug-likeness (QED) is 0.806. The van der Waals surface area contributed by atoms with Crippen molar-refractivity contribution >= 4 is 0 Å². The zero-order valence-corrected chi connectivity index (χ0v) is 10.6. The molecule has 0 saturated carbocycles. The second-order valence-electron chi connectivity index (χ2n) is 4.87. The number of likely N-dealkylation sites (N-methyl/N-ethyl adjacent to an activating group) is 2. The summed E-state index contributed by atoms with van der Waals surface area (Å²) in [7, 11) is 4.33. The monoisotopic (exact) mass is 235 g/mol. The Kier molecular flexibility index (Phi) is 4.04. The summed E-state index contributed by atoms with van der Waals surface area (Å²) in [6.45, 7) is 3.31. The van der Waals surface area contributed by atoms with E-state index in [1.54, 1.807) is 18.6 Å². The Labute approximate surface area is 103 Å². The SMILES string of the molecule is CN1CCN(C)C(CC(N)c2cnccn2)C1.